The van der Waals surface area contributed by atoms with Crippen LogP contribution in [-0.2, 0) is 0 Å². The first kappa shape index (κ1) is 5.18. The van der Waals surface area contributed by atoms with E-state index in [2.05, 4.69) is 18.5 Å². The molecule has 0 saturated heterocycles. The summed E-state index contributed by atoms with van der Waals surface area (Å²) in [7, 11) is 3.95. The molecule has 0 spiro atoms. The van der Waals surface area contributed by atoms with Crippen LogP contribution in [0.5, 0.6) is 0 Å². The Morgan fingerprint density at radius 3 is 2.00 bits per heavy atom. The first-order chi connectivity index (χ1) is 2.27. The first-order valence-electron chi connectivity index (χ1n) is 1.79. The van der Waals surface area contributed by atoms with E-state index in [9.17, 15) is 0 Å². The van der Waals surface area contributed by atoms with Crippen molar-refractivity contribution in [3.8, 4) is 0 Å². The highest BCUT2D eigenvalue weighted by atomic mass is 28.2. The van der Waals surface area contributed by atoms with E-state index in [1.54, 1.807) is 0 Å². The maximum Gasteiger partial charge on any atom is 0.373 e. The van der Waals surface area contributed by atoms with Crippen LogP contribution in [0.3, 0.4) is 0 Å². The van der Waals surface area contributed by atoms with Crippen molar-refractivity contribution in [3.63, 3.8) is 0 Å². The highest BCUT2D eigenvalue weighted by molar-refractivity contribution is 6.04. The summed E-state index contributed by atoms with van der Waals surface area (Å²) in [6, 6.07) is 0. The molecule has 0 rings (SSSR count). The molecule has 30 valence electrons. The van der Waals surface area contributed by atoms with E-state index in [0.717, 1.165) is 6.54 Å². The number of hydrogen-bond donors (Lipinski definition) is 0. The molecule has 0 aromatic heterocycles. The Bertz CT molecular complexity index is 20.9. The Balaban J connectivity index is 2.54. The lowest BCUT2D eigenvalue weighted by molar-refractivity contribution is 0.581. The number of hydrogen-bond acceptors (Lipinski definition) is 1. The van der Waals surface area contributed by atoms with Crippen LogP contribution in [0, 0.1) is 0 Å². The van der Waals surface area contributed by atoms with Gasteiger partial charge < -0.3 is 0 Å². The van der Waals surface area contributed by atoms with Crippen LogP contribution in [0.25, 0.3) is 0 Å². The van der Waals surface area contributed by atoms with Gasteiger partial charge in [-0.2, -0.15) is 4.57 Å². The molecule has 0 N–H and O–H groups in total. The van der Waals surface area contributed by atoms with Gasteiger partial charge in [-0.1, -0.05) is 0 Å². The fraction of sp³-hybridized carbons (Fsp3) is 1.00. The van der Waals surface area contributed by atoms with Gasteiger partial charge in [-0.05, 0) is 6.92 Å². The van der Waals surface area contributed by atoms with Crippen LogP contribution in [0.4, 0.5) is 0 Å². The molecule has 0 heterocycles. The molecule has 0 aliphatic carbocycles. The lowest BCUT2D eigenvalue weighted by Gasteiger charge is -1.88. The van der Waals surface area contributed by atoms with Crippen molar-refractivity contribution < 1.29 is 0 Å². The van der Waals surface area contributed by atoms with Gasteiger partial charge in [-0.15, -0.1) is 0 Å². The third-order valence-electron chi connectivity index (χ3n) is 0.540. The minimum Gasteiger partial charge on any atom is -0.183 e. The van der Waals surface area contributed by atoms with Gasteiger partial charge in [0.2, 0.25) is 0 Å². The lowest BCUT2D eigenvalue weighted by Crippen LogP contribution is -2.11. The van der Waals surface area contributed by atoms with Gasteiger partial charge >= 0.3 is 10.4 Å². The van der Waals surface area contributed by atoms with Gasteiger partial charge in [0, 0.05) is 13.6 Å². The molecule has 0 aromatic carbocycles. The molecule has 0 unspecified atom stereocenters. The van der Waals surface area contributed by atoms with Gasteiger partial charge in [0.25, 0.3) is 0 Å². The topological polar surface area (TPSA) is 3.24 Å². The van der Waals surface area contributed by atoms with Crippen LogP contribution >= 0.6 is 0 Å². The van der Waals surface area contributed by atoms with Gasteiger partial charge in [-0.3, -0.25) is 0 Å². The zero-order valence-electron chi connectivity index (χ0n) is 3.86. The molecular weight excluding hydrogens is 78.1 g/mol. The van der Waals surface area contributed by atoms with Gasteiger partial charge in [0.05, 0.1) is 0 Å². The molecule has 0 bridgehead atoms. The highest BCUT2D eigenvalue weighted by Gasteiger charge is 1.84. The number of rotatable bonds is 1. The molecule has 0 fully saturated rings. The van der Waals surface area contributed by atoms with Crippen LogP contribution in [-0.4, -0.2) is 28.6 Å². The Labute approximate surface area is 36.5 Å². The molecule has 0 radical (unpaired) electrons. The van der Waals surface area contributed by atoms with Crippen LogP contribution < -0.4 is 0 Å². The Morgan fingerprint density at radius 2 is 2.00 bits per heavy atom. The second-order valence-corrected chi connectivity index (χ2v) is 2.25. The van der Waals surface area contributed by atoms with Crippen LogP contribution in [0.15, 0.2) is 0 Å². The van der Waals surface area contributed by atoms with Gasteiger partial charge in [0.15, 0.2) is 0 Å². The minimum absolute atomic E-state index is 1.15. The van der Waals surface area contributed by atoms with Crippen molar-refractivity contribution in [2.24, 2.45) is 0 Å². The summed E-state index contributed by atoms with van der Waals surface area (Å²) in [4.78, 5) is 0. The SMILES string of the molecule is CCN(C)[SiH2+]. The van der Waals surface area contributed by atoms with Crippen molar-refractivity contribution in [1.29, 1.82) is 0 Å². The molecule has 0 amide bonds. The summed E-state index contributed by atoms with van der Waals surface area (Å²) < 4.78 is 2.15. The zero-order chi connectivity index (χ0) is 4.28. The standard InChI is InChI=1S/C3H10NSi/c1-3-4(2)5/h3,5H2,1-2H3/q+1. The van der Waals surface area contributed by atoms with E-state index >= 15 is 0 Å². The molecular formula is C3H10NSi+. The Morgan fingerprint density at radius 1 is 1.80 bits per heavy atom. The third-order valence-corrected chi connectivity index (χ3v) is 0.987. The van der Waals surface area contributed by atoms with Crippen molar-refractivity contribution in [2.75, 3.05) is 13.6 Å². The van der Waals surface area contributed by atoms with Crippen molar-refractivity contribution >= 4 is 10.4 Å². The Hall–Kier alpha value is 0.177. The second kappa shape index (κ2) is 2.42. The zero-order valence-corrected chi connectivity index (χ0v) is 5.28. The van der Waals surface area contributed by atoms with E-state index in [1.165, 1.54) is 0 Å². The summed E-state index contributed by atoms with van der Waals surface area (Å²) in [6.45, 7) is 3.28. The second-order valence-electron chi connectivity index (χ2n) is 1.17. The molecule has 0 aromatic rings. The van der Waals surface area contributed by atoms with Gasteiger partial charge in [0.1, 0.15) is 0 Å². The van der Waals surface area contributed by atoms with Crippen molar-refractivity contribution in [3.05, 3.63) is 0 Å². The molecule has 2 heteroatoms. The third kappa shape index (κ3) is 4.18. The molecule has 5 heavy (non-hydrogen) atoms. The Kier molecular flexibility index (Phi) is 2.50. The fourth-order valence-corrected chi connectivity index (χ4v) is 0. The van der Waals surface area contributed by atoms with E-state index in [0.29, 0.717) is 0 Å². The lowest BCUT2D eigenvalue weighted by atomic mass is 10.8. The molecule has 1 nitrogen and oxygen atoms in total. The average molecular weight is 88.2 g/mol. The predicted octanol–water partition coefficient (Wildman–Crippen LogP) is -0.514. The summed E-state index contributed by atoms with van der Waals surface area (Å²) >= 11 is 0. The maximum atomic E-state index is 2.15. The van der Waals surface area contributed by atoms with E-state index in [1.807, 2.05) is 10.4 Å². The molecule has 0 aliphatic heterocycles. The van der Waals surface area contributed by atoms with Gasteiger partial charge in [-0.25, -0.2) is 0 Å². The number of nitrogens with zero attached hydrogens (tertiary/aromatic N) is 1. The largest absolute Gasteiger partial charge is 0.373 e. The quantitative estimate of drug-likeness (QED) is 0.390. The van der Waals surface area contributed by atoms with E-state index < -0.39 is 0 Å². The molecule has 0 aliphatic rings. The van der Waals surface area contributed by atoms with E-state index in [4.69, 9.17) is 0 Å². The maximum absolute atomic E-state index is 2.15. The predicted molar refractivity (Wildman–Crippen MR) is 26.8 cm³/mol. The normalized spacial score (nSPS) is 9.40. The monoisotopic (exact) mass is 88.1 g/mol. The average Bonchev–Trinajstić information content (AvgIpc) is 1.38. The summed E-state index contributed by atoms with van der Waals surface area (Å²) in [6.07, 6.45) is 0. The van der Waals surface area contributed by atoms with Crippen LogP contribution in [0.1, 0.15) is 6.92 Å². The smallest absolute Gasteiger partial charge is 0.183 e. The molecule has 0 atom stereocenters. The highest BCUT2D eigenvalue weighted by Crippen LogP contribution is 1.62. The summed E-state index contributed by atoms with van der Waals surface area (Å²) in [5, 5.41) is 0. The minimum atomic E-state index is 1.15. The first-order valence-corrected chi connectivity index (χ1v) is 2.42. The van der Waals surface area contributed by atoms with Crippen molar-refractivity contribution in [1.82, 2.24) is 4.57 Å². The van der Waals surface area contributed by atoms with Crippen molar-refractivity contribution in [2.45, 2.75) is 6.92 Å². The van der Waals surface area contributed by atoms with E-state index in [-0.39, 0.29) is 0 Å². The fourth-order valence-electron chi connectivity index (χ4n) is 0. The summed E-state index contributed by atoms with van der Waals surface area (Å²) in [5.74, 6) is 0. The molecule has 0 saturated carbocycles. The summed E-state index contributed by atoms with van der Waals surface area (Å²) in [5.41, 5.74) is 0. The van der Waals surface area contributed by atoms with Crippen LogP contribution in [0.2, 0.25) is 0 Å².